The molecule has 0 bridgehead atoms. The lowest BCUT2D eigenvalue weighted by Crippen LogP contribution is -2.50. The van der Waals surface area contributed by atoms with Crippen molar-refractivity contribution in [3.8, 4) is 23.5 Å². The van der Waals surface area contributed by atoms with Gasteiger partial charge in [0.05, 0.1) is 30.7 Å². The number of ether oxygens (including phenoxy) is 1. The second-order valence-electron chi connectivity index (χ2n) is 7.66. The van der Waals surface area contributed by atoms with Crippen LogP contribution in [0.3, 0.4) is 0 Å². The van der Waals surface area contributed by atoms with E-state index in [0.29, 0.717) is 60.6 Å². The lowest BCUT2D eigenvalue weighted by Gasteiger charge is -2.41. The van der Waals surface area contributed by atoms with Crippen molar-refractivity contribution >= 4 is 11.0 Å². The molecule has 1 aliphatic heterocycles. The fraction of sp³-hybridized carbons (Fsp3) is 0.320. The second-order valence-corrected chi connectivity index (χ2v) is 7.66. The molecule has 0 N–H and O–H groups in total. The van der Waals surface area contributed by atoms with E-state index in [9.17, 15) is 15.3 Å². The largest absolute Gasteiger partial charge is 0.455 e. The highest BCUT2D eigenvalue weighted by atomic mass is 16.5. The molecule has 0 aliphatic carbocycles. The third kappa shape index (κ3) is 3.61. The fourth-order valence-corrected chi connectivity index (χ4v) is 4.33. The SMILES string of the molecule is Cc1c(-c2ccccc2)oc2c(C(C#N)(CCC#N)N3CCOCC3)cccc2c1=O. The Balaban J connectivity index is 2.01. The van der Waals surface area contributed by atoms with E-state index < -0.39 is 5.54 Å². The summed E-state index contributed by atoms with van der Waals surface area (Å²) in [6.07, 6.45) is 0.528. The molecule has 1 fully saturated rings. The van der Waals surface area contributed by atoms with Crippen LogP contribution in [0.5, 0.6) is 0 Å². The molecular weight excluding hydrogens is 390 g/mol. The van der Waals surface area contributed by atoms with Gasteiger partial charge >= 0.3 is 0 Å². The van der Waals surface area contributed by atoms with E-state index in [1.807, 2.05) is 41.3 Å². The highest BCUT2D eigenvalue weighted by molar-refractivity contribution is 5.84. The fourth-order valence-electron chi connectivity index (χ4n) is 4.33. The molecule has 0 amide bonds. The second kappa shape index (κ2) is 8.73. The van der Waals surface area contributed by atoms with Gasteiger partial charge in [-0.25, -0.2) is 0 Å². The van der Waals surface area contributed by atoms with Crippen molar-refractivity contribution in [2.45, 2.75) is 25.3 Å². The van der Waals surface area contributed by atoms with Gasteiger partial charge in [0.2, 0.25) is 0 Å². The van der Waals surface area contributed by atoms with Crippen molar-refractivity contribution < 1.29 is 9.15 Å². The first kappa shape index (κ1) is 20.8. The van der Waals surface area contributed by atoms with Crippen LogP contribution in [0, 0.1) is 29.6 Å². The molecule has 1 saturated heterocycles. The highest BCUT2D eigenvalue weighted by Gasteiger charge is 2.41. The van der Waals surface area contributed by atoms with E-state index in [0.717, 1.165) is 5.56 Å². The van der Waals surface area contributed by atoms with Gasteiger partial charge in [0.1, 0.15) is 16.9 Å². The third-order valence-electron chi connectivity index (χ3n) is 5.96. The maximum atomic E-state index is 13.3. The quantitative estimate of drug-likeness (QED) is 0.625. The predicted octanol–water partition coefficient (Wildman–Crippen LogP) is 4.12. The summed E-state index contributed by atoms with van der Waals surface area (Å²) in [7, 11) is 0. The molecule has 2 heterocycles. The minimum Gasteiger partial charge on any atom is -0.455 e. The average molecular weight is 413 g/mol. The molecule has 1 aliphatic rings. The molecule has 1 aromatic heterocycles. The van der Waals surface area contributed by atoms with Crippen LogP contribution in [0.25, 0.3) is 22.3 Å². The van der Waals surface area contributed by atoms with Gasteiger partial charge in [-0.05, 0) is 19.4 Å². The van der Waals surface area contributed by atoms with Crippen molar-refractivity contribution in [2.24, 2.45) is 0 Å². The molecule has 6 nitrogen and oxygen atoms in total. The Hall–Kier alpha value is -3.45. The van der Waals surface area contributed by atoms with Gasteiger partial charge in [0, 0.05) is 36.2 Å². The van der Waals surface area contributed by atoms with Crippen molar-refractivity contribution in [1.82, 2.24) is 4.90 Å². The highest BCUT2D eigenvalue weighted by Crippen LogP contribution is 2.39. The Kier molecular flexibility index (Phi) is 5.86. The number of para-hydroxylation sites is 1. The summed E-state index contributed by atoms with van der Waals surface area (Å²) in [5.41, 5.74) is 1.16. The molecular formula is C25H23N3O3. The van der Waals surface area contributed by atoms with Crippen molar-refractivity contribution in [3.05, 3.63) is 69.9 Å². The maximum absolute atomic E-state index is 13.3. The standard InChI is InChI=1S/C25H23N3O3/c1-18-22(29)20-9-5-10-21(24(20)31-23(18)19-7-3-2-4-8-19)25(17-27,11-6-12-26)28-13-15-30-16-14-28/h2-5,7-10H,6,11,13-16H2,1H3. The van der Waals surface area contributed by atoms with Crippen LogP contribution in [-0.2, 0) is 10.3 Å². The summed E-state index contributed by atoms with van der Waals surface area (Å²) in [4.78, 5) is 15.3. The van der Waals surface area contributed by atoms with Crippen LogP contribution in [0.1, 0.15) is 24.0 Å². The molecule has 2 aromatic carbocycles. The van der Waals surface area contributed by atoms with Crippen LogP contribution in [0.15, 0.2) is 57.7 Å². The van der Waals surface area contributed by atoms with E-state index in [1.54, 1.807) is 19.1 Å². The number of hydrogen-bond acceptors (Lipinski definition) is 6. The summed E-state index contributed by atoms with van der Waals surface area (Å²) in [6.45, 7) is 3.92. The van der Waals surface area contributed by atoms with Crippen molar-refractivity contribution in [2.75, 3.05) is 26.3 Å². The molecule has 1 unspecified atom stereocenters. The zero-order valence-corrected chi connectivity index (χ0v) is 17.4. The van der Waals surface area contributed by atoms with E-state index in [4.69, 9.17) is 9.15 Å². The molecule has 1 atom stereocenters. The van der Waals surface area contributed by atoms with Crippen molar-refractivity contribution in [3.63, 3.8) is 0 Å². The molecule has 0 spiro atoms. The number of nitrogens with zero attached hydrogens (tertiary/aromatic N) is 3. The van der Waals surface area contributed by atoms with Crippen LogP contribution < -0.4 is 5.43 Å². The Morgan fingerprint density at radius 3 is 2.48 bits per heavy atom. The van der Waals surface area contributed by atoms with Gasteiger partial charge < -0.3 is 9.15 Å². The van der Waals surface area contributed by atoms with E-state index in [1.165, 1.54) is 0 Å². The molecule has 6 heteroatoms. The smallest absolute Gasteiger partial charge is 0.196 e. The lowest BCUT2D eigenvalue weighted by atomic mass is 9.83. The Labute approximate surface area is 180 Å². The molecule has 156 valence electrons. The van der Waals surface area contributed by atoms with E-state index in [2.05, 4.69) is 12.1 Å². The first-order valence-corrected chi connectivity index (χ1v) is 10.4. The Morgan fingerprint density at radius 1 is 1.06 bits per heavy atom. The number of fused-ring (bicyclic) bond motifs is 1. The number of benzene rings is 2. The number of nitriles is 2. The molecule has 31 heavy (non-hydrogen) atoms. The van der Waals surface area contributed by atoms with E-state index >= 15 is 0 Å². The Bertz CT molecular complexity index is 1230. The van der Waals surface area contributed by atoms with Gasteiger partial charge in [-0.1, -0.05) is 42.5 Å². The summed E-state index contributed by atoms with van der Waals surface area (Å²) in [6, 6.07) is 19.5. The van der Waals surface area contributed by atoms with Gasteiger partial charge in [-0.3, -0.25) is 9.69 Å². The zero-order chi connectivity index (χ0) is 21.8. The van der Waals surface area contributed by atoms with Gasteiger partial charge in [0.25, 0.3) is 0 Å². The molecule has 3 aromatic rings. The lowest BCUT2D eigenvalue weighted by molar-refractivity contribution is -0.00728. The Morgan fingerprint density at radius 2 is 1.81 bits per heavy atom. The van der Waals surface area contributed by atoms with Gasteiger partial charge in [-0.15, -0.1) is 0 Å². The number of rotatable bonds is 5. The normalized spacial score (nSPS) is 16.4. The molecule has 4 rings (SSSR count). The van der Waals surface area contributed by atoms with Crippen LogP contribution >= 0.6 is 0 Å². The summed E-state index contributed by atoms with van der Waals surface area (Å²) in [5.74, 6) is 0.500. The molecule has 0 radical (unpaired) electrons. The summed E-state index contributed by atoms with van der Waals surface area (Å²) in [5, 5.41) is 20.1. The van der Waals surface area contributed by atoms with Crippen LogP contribution in [0.2, 0.25) is 0 Å². The zero-order valence-electron chi connectivity index (χ0n) is 17.4. The minimum atomic E-state index is -1.09. The average Bonchev–Trinajstić information content (AvgIpc) is 2.83. The van der Waals surface area contributed by atoms with Crippen molar-refractivity contribution in [1.29, 1.82) is 10.5 Å². The summed E-state index contributed by atoms with van der Waals surface area (Å²) < 4.78 is 11.9. The first-order valence-electron chi connectivity index (χ1n) is 10.4. The first-order chi connectivity index (χ1) is 15.1. The minimum absolute atomic E-state index is 0.115. The topological polar surface area (TPSA) is 90.3 Å². The summed E-state index contributed by atoms with van der Waals surface area (Å²) >= 11 is 0. The molecule has 0 saturated carbocycles. The predicted molar refractivity (Wildman–Crippen MR) is 117 cm³/mol. The van der Waals surface area contributed by atoms with Crippen LogP contribution in [-0.4, -0.2) is 31.2 Å². The van der Waals surface area contributed by atoms with Crippen LogP contribution in [0.4, 0.5) is 0 Å². The van der Waals surface area contributed by atoms with E-state index in [-0.39, 0.29) is 11.8 Å². The monoisotopic (exact) mass is 413 g/mol. The number of hydrogen-bond donors (Lipinski definition) is 0. The number of morpholine rings is 1. The van der Waals surface area contributed by atoms with Gasteiger partial charge in [0.15, 0.2) is 5.43 Å². The maximum Gasteiger partial charge on any atom is 0.196 e. The third-order valence-corrected chi connectivity index (χ3v) is 5.96. The van der Waals surface area contributed by atoms with Gasteiger partial charge in [-0.2, -0.15) is 10.5 Å².